The first-order valence-corrected chi connectivity index (χ1v) is 10.5. The standard InChI is InChI=1S/C18H22F2N6O2S/c1-18(2,3)14(9-29(27,28)21-4)25-17-13(20)8-24-16(26-17)12-7-23-15-11(12)5-10(19)6-22-15/h5-8,14,21H,9H2,1-4H3,(H,22,23)(H,24,25,26)/t14-/m1/s1. The summed E-state index contributed by atoms with van der Waals surface area (Å²) in [7, 11) is -2.23. The van der Waals surface area contributed by atoms with Crippen molar-refractivity contribution in [3.8, 4) is 11.4 Å². The van der Waals surface area contributed by atoms with Crippen LogP contribution in [0.25, 0.3) is 22.4 Å². The van der Waals surface area contributed by atoms with Gasteiger partial charge < -0.3 is 10.3 Å². The monoisotopic (exact) mass is 424 g/mol. The highest BCUT2D eigenvalue weighted by Gasteiger charge is 2.30. The summed E-state index contributed by atoms with van der Waals surface area (Å²) in [6.45, 7) is 5.51. The highest BCUT2D eigenvalue weighted by atomic mass is 32.2. The molecule has 3 N–H and O–H groups in total. The van der Waals surface area contributed by atoms with Gasteiger partial charge in [-0.25, -0.2) is 36.9 Å². The van der Waals surface area contributed by atoms with Crippen LogP contribution >= 0.6 is 0 Å². The summed E-state index contributed by atoms with van der Waals surface area (Å²) in [4.78, 5) is 15.1. The van der Waals surface area contributed by atoms with Crippen LogP contribution in [0, 0.1) is 17.0 Å². The lowest BCUT2D eigenvalue weighted by Gasteiger charge is -2.31. The van der Waals surface area contributed by atoms with E-state index in [1.165, 1.54) is 13.1 Å². The molecule has 3 rings (SSSR count). The van der Waals surface area contributed by atoms with Crippen molar-refractivity contribution in [3.05, 3.63) is 36.3 Å². The Hall–Kier alpha value is -2.66. The first-order chi connectivity index (χ1) is 13.5. The molecule has 0 spiro atoms. The predicted molar refractivity (Wildman–Crippen MR) is 107 cm³/mol. The first-order valence-electron chi connectivity index (χ1n) is 8.83. The van der Waals surface area contributed by atoms with Crippen LogP contribution in [0.5, 0.6) is 0 Å². The van der Waals surface area contributed by atoms with Gasteiger partial charge in [0.25, 0.3) is 0 Å². The Morgan fingerprint density at radius 3 is 2.59 bits per heavy atom. The minimum Gasteiger partial charge on any atom is -0.363 e. The Morgan fingerprint density at radius 1 is 1.21 bits per heavy atom. The smallest absolute Gasteiger partial charge is 0.213 e. The molecular weight excluding hydrogens is 402 g/mol. The number of nitrogens with zero attached hydrogens (tertiary/aromatic N) is 3. The van der Waals surface area contributed by atoms with Gasteiger partial charge in [0.05, 0.1) is 18.1 Å². The van der Waals surface area contributed by atoms with Gasteiger partial charge in [0.2, 0.25) is 10.0 Å². The lowest BCUT2D eigenvalue weighted by atomic mass is 9.88. The van der Waals surface area contributed by atoms with Crippen molar-refractivity contribution < 1.29 is 17.2 Å². The molecule has 156 valence electrons. The molecule has 0 unspecified atom stereocenters. The minimum absolute atomic E-state index is 0.139. The second-order valence-electron chi connectivity index (χ2n) is 7.69. The third-order valence-corrected chi connectivity index (χ3v) is 5.93. The van der Waals surface area contributed by atoms with Crippen molar-refractivity contribution in [1.29, 1.82) is 0 Å². The molecule has 0 aliphatic carbocycles. The summed E-state index contributed by atoms with van der Waals surface area (Å²) in [5, 5.41) is 3.35. The van der Waals surface area contributed by atoms with Crippen LogP contribution in [0.1, 0.15) is 20.8 Å². The fraction of sp³-hybridized carbons (Fsp3) is 0.389. The van der Waals surface area contributed by atoms with E-state index in [1.807, 2.05) is 20.8 Å². The number of nitrogens with one attached hydrogen (secondary N) is 3. The first kappa shape index (κ1) is 21.1. The SMILES string of the molecule is CNS(=O)(=O)C[C@@H](Nc1nc(-c2c[nH]c3ncc(F)cc23)ncc1F)C(C)(C)C. The molecule has 11 heteroatoms. The van der Waals surface area contributed by atoms with Gasteiger partial charge >= 0.3 is 0 Å². The fourth-order valence-electron chi connectivity index (χ4n) is 2.74. The third-order valence-electron chi connectivity index (χ3n) is 4.54. The van der Waals surface area contributed by atoms with Gasteiger partial charge in [0.1, 0.15) is 11.5 Å². The Morgan fingerprint density at radius 2 is 1.93 bits per heavy atom. The number of hydrogen-bond acceptors (Lipinski definition) is 6. The van der Waals surface area contributed by atoms with Crippen LogP contribution in [0.2, 0.25) is 0 Å². The summed E-state index contributed by atoms with van der Waals surface area (Å²) in [5.41, 5.74) is 0.372. The zero-order valence-electron chi connectivity index (χ0n) is 16.4. The van der Waals surface area contributed by atoms with Gasteiger partial charge in [-0.1, -0.05) is 20.8 Å². The van der Waals surface area contributed by atoms with Crippen LogP contribution in [-0.4, -0.2) is 47.2 Å². The van der Waals surface area contributed by atoms with Crippen molar-refractivity contribution in [2.24, 2.45) is 5.41 Å². The number of rotatable bonds is 6. The van der Waals surface area contributed by atoms with Crippen LogP contribution in [0.15, 0.2) is 24.7 Å². The van der Waals surface area contributed by atoms with E-state index in [-0.39, 0.29) is 17.4 Å². The van der Waals surface area contributed by atoms with E-state index in [9.17, 15) is 17.2 Å². The van der Waals surface area contributed by atoms with E-state index in [2.05, 4.69) is 30.0 Å². The molecule has 1 atom stereocenters. The molecule has 0 saturated carbocycles. The van der Waals surface area contributed by atoms with E-state index in [4.69, 9.17) is 0 Å². The molecule has 3 aromatic heterocycles. The summed E-state index contributed by atoms with van der Waals surface area (Å²) >= 11 is 0. The Balaban J connectivity index is 2.01. The number of halogens is 2. The van der Waals surface area contributed by atoms with E-state index in [1.54, 1.807) is 6.20 Å². The summed E-state index contributed by atoms with van der Waals surface area (Å²) < 4.78 is 54.4. The highest BCUT2D eigenvalue weighted by Crippen LogP contribution is 2.29. The van der Waals surface area contributed by atoms with E-state index < -0.39 is 33.1 Å². The van der Waals surface area contributed by atoms with Gasteiger partial charge in [-0.15, -0.1) is 0 Å². The average molecular weight is 424 g/mol. The largest absolute Gasteiger partial charge is 0.363 e. The van der Waals surface area contributed by atoms with Crippen molar-refractivity contribution in [2.45, 2.75) is 26.8 Å². The van der Waals surface area contributed by atoms with E-state index in [0.29, 0.717) is 16.6 Å². The van der Waals surface area contributed by atoms with Gasteiger partial charge in [-0.3, -0.25) is 0 Å². The molecule has 0 fully saturated rings. The second-order valence-corrected chi connectivity index (χ2v) is 9.66. The number of aromatic amines is 1. The molecule has 8 nitrogen and oxygen atoms in total. The number of aromatic nitrogens is 4. The zero-order valence-corrected chi connectivity index (χ0v) is 17.2. The second kappa shape index (κ2) is 7.64. The maximum Gasteiger partial charge on any atom is 0.213 e. The topological polar surface area (TPSA) is 113 Å². The number of pyridine rings is 1. The molecule has 0 aliphatic rings. The molecule has 0 bridgehead atoms. The van der Waals surface area contributed by atoms with Crippen molar-refractivity contribution in [3.63, 3.8) is 0 Å². The summed E-state index contributed by atoms with van der Waals surface area (Å²) in [6, 6.07) is 0.644. The summed E-state index contributed by atoms with van der Waals surface area (Å²) in [5.74, 6) is -1.51. The van der Waals surface area contributed by atoms with Crippen molar-refractivity contribution in [1.82, 2.24) is 24.7 Å². The number of sulfonamides is 1. The van der Waals surface area contributed by atoms with Crippen LogP contribution in [0.3, 0.4) is 0 Å². The van der Waals surface area contributed by atoms with Crippen LogP contribution in [-0.2, 0) is 10.0 Å². The summed E-state index contributed by atoms with van der Waals surface area (Å²) in [6.07, 6.45) is 3.63. The number of H-pyrrole nitrogens is 1. The van der Waals surface area contributed by atoms with Crippen molar-refractivity contribution in [2.75, 3.05) is 18.1 Å². The highest BCUT2D eigenvalue weighted by molar-refractivity contribution is 7.89. The maximum atomic E-state index is 14.4. The van der Waals surface area contributed by atoms with E-state index in [0.717, 1.165) is 12.4 Å². The molecule has 3 heterocycles. The quantitative estimate of drug-likeness (QED) is 0.561. The Labute approximate surface area is 167 Å². The third kappa shape index (κ3) is 4.67. The molecule has 29 heavy (non-hydrogen) atoms. The number of anilines is 1. The van der Waals surface area contributed by atoms with Crippen LogP contribution < -0.4 is 10.0 Å². The number of hydrogen-bond donors (Lipinski definition) is 3. The normalized spacial score (nSPS) is 13.6. The molecule has 0 aromatic carbocycles. The van der Waals surface area contributed by atoms with Crippen molar-refractivity contribution >= 4 is 26.9 Å². The molecule has 0 radical (unpaired) electrons. The molecule has 0 saturated heterocycles. The van der Waals surface area contributed by atoms with E-state index >= 15 is 0 Å². The van der Waals surface area contributed by atoms with Gasteiger partial charge in [0, 0.05) is 23.2 Å². The van der Waals surface area contributed by atoms with Gasteiger partial charge in [-0.05, 0) is 18.5 Å². The number of fused-ring (bicyclic) bond motifs is 1. The van der Waals surface area contributed by atoms with Gasteiger partial charge in [0.15, 0.2) is 17.5 Å². The average Bonchev–Trinajstić information content (AvgIpc) is 3.05. The molecular formula is C18H22F2N6O2S. The maximum absolute atomic E-state index is 14.4. The van der Waals surface area contributed by atoms with Crippen LogP contribution in [0.4, 0.5) is 14.6 Å². The Kier molecular flexibility index (Phi) is 5.54. The lowest BCUT2D eigenvalue weighted by Crippen LogP contribution is -2.43. The Bertz CT molecular complexity index is 1140. The lowest BCUT2D eigenvalue weighted by molar-refractivity contribution is 0.357. The zero-order chi connectivity index (χ0) is 21.4. The minimum atomic E-state index is -3.56. The molecule has 0 amide bonds. The molecule has 0 aliphatic heterocycles. The molecule has 3 aromatic rings. The fourth-order valence-corrected chi connectivity index (χ4v) is 3.93. The predicted octanol–water partition coefficient (Wildman–Crippen LogP) is 2.67. The van der Waals surface area contributed by atoms with Gasteiger partial charge in [-0.2, -0.15) is 0 Å².